The van der Waals surface area contributed by atoms with Crippen LogP contribution in [0.1, 0.15) is 42.1 Å². The zero-order valence-corrected chi connectivity index (χ0v) is 15.8. The van der Waals surface area contributed by atoms with Gasteiger partial charge in [-0.05, 0) is 48.2 Å². The van der Waals surface area contributed by atoms with Gasteiger partial charge in [0.15, 0.2) is 0 Å². The Balaban J connectivity index is 2.23. The number of para-hydroxylation sites is 1. The Labute approximate surface area is 149 Å². The van der Waals surface area contributed by atoms with Crippen LogP contribution in [0.2, 0.25) is 0 Å². The third-order valence-electron chi connectivity index (χ3n) is 4.25. The standard InChI is InChI=1S/C19H24N2O3S/c1-5-14(2)17-8-6-7-9-18(17)20-19(22)15-10-12-16(13-11-15)25(23,24)21(3)4/h6-14H,5H2,1-4H3,(H,20,22)/t14-/m0/s1. The summed E-state index contributed by atoms with van der Waals surface area (Å²) in [6.45, 7) is 4.22. The van der Waals surface area contributed by atoms with Gasteiger partial charge in [0.25, 0.3) is 5.91 Å². The second-order valence-corrected chi connectivity index (χ2v) is 8.31. The molecule has 25 heavy (non-hydrogen) atoms. The lowest BCUT2D eigenvalue weighted by atomic mass is 9.97. The molecule has 0 aliphatic heterocycles. The molecule has 0 aromatic heterocycles. The van der Waals surface area contributed by atoms with E-state index in [4.69, 9.17) is 0 Å². The Bertz CT molecular complexity index is 843. The molecule has 0 saturated carbocycles. The lowest BCUT2D eigenvalue weighted by Crippen LogP contribution is -2.22. The zero-order valence-electron chi connectivity index (χ0n) is 15.0. The topological polar surface area (TPSA) is 66.5 Å². The number of rotatable bonds is 6. The van der Waals surface area contributed by atoms with Crippen molar-refractivity contribution in [3.8, 4) is 0 Å². The van der Waals surface area contributed by atoms with E-state index in [1.54, 1.807) is 0 Å². The monoisotopic (exact) mass is 360 g/mol. The minimum Gasteiger partial charge on any atom is -0.322 e. The number of carbonyl (C=O) groups is 1. The van der Waals surface area contributed by atoms with Crippen molar-refractivity contribution in [2.75, 3.05) is 19.4 Å². The molecule has 5 nitrogen and oxygen atoms in total. The molecule has 0 heterocycles. The van der Waals surface area contributed by atoms with E-state index in [1.807, 2.05) is 24.3 Å². The van der Waals surface area contributed by atoms with Gasteiger partial charge in [-0.1, -0.05) is 32.0 Å². The third-order valence-corrected chi connectivity index (χ3v) is 6.08. The number of sulfonamides is 1. The number of amides is 1. The van der Waals surface area contributed by atoms with E-state index in [2.05, 4.69) is 19.2 Å². The summed E-state index contributed by atoms with van der Waals surface area (Å²) in [7, 11) is -0.550. The van der Waals surface area contributed by atoms with Crippen molar-refractivity contribution < 1.29 is 13.2 Å². The highest BCUT2D eigenvalue weighted by molar-refractivity contribution is 7.89. The van der Waals surface area contributed by atoms with Crippen molar-refractivity contribution in [3.05, 3.63) is 59.7 Å². The lowest BCUT2D eigenvalue weighted by Gasteiger charge is -2.16. The van der Waals surface area contributed by atoms with Crippen LogP contribution in [0, 0.1) is 0 Å². The van der Waals surface area contributed by atoms with E-state index in [0.29, 0.717) is 11.5 Å². The molecule has 0 aliphatic carbocycles. The number of nitrogens with zero attached hydrogens (tertiary/aromatic N) is 1. The molecular weight excluding hydrogens is 336 g/mol. The van der Waals surface area contributed by atoms with Crippen molar-refractivity contribution in [3.63, 3.8) is 0 Å². The summed E-state index contributed by atoms with van der Waals surface area (Å²) >= 11 is 0. The lowest BCUT2D eigenvalue weighted by molar-refractivity contribution is 0.102. The molecule has 1 amide bonds. The minimum atomic E-state index is -3.50. The van der Waals surface area contributed by atoms with Gasteiger partial charge in [0, 0.05) is 25.3 Å². The quantitative estimate of drug-likeness (QED) is 0.854. The molecule has 0 spiro atoms. The van der Waals surface area contributed by atoms with Gasteiger partial charge in [-0.15, -0.1) is 0 Å². The van der Waals surface area contributed by atoms with E-state index < -0.39 is 10.0 Å². The molecule has 6 heteroatoms. The highest BCUT2D eigenvalue weighted by atomic mass is 32.2. The van der Waals surface area contributed by atoms with Crippen molar-refractivity contribution in [1.82, 2.24) is 4.31 Å². The molecule has 2 aromatic carbocycles. The first kappa shape index (κ1) is 19.1. The Kier molecular flexibility index (Phi) is 5.98. The van der Waals surface area contributed by atoms with Crippen molar-refractivity contribution in [2.45, 2.75) is 31.1 Å². The number of nitrogens with one attached hydrogen (secondary N) is 1. The fourth-order valence-electron chi connectivity index (χ4n) is 2.44. The maximum absolute atomic E-state index is 12.5. The fraction of sp³-hybridized carbons (Fsp3) is 0.316. The number of hydrogen-bond acceptors (Lipinski definition) is 3. The normalized spacial score (nSPS) is 12.8. The average molecular weight is 360 g/mol. The highest BCUT2D eigenvalue weighted by Gasteiger charge is 2.18. The van der Waals surface area contributed by atoms with Crippen LogP contribution in [0.25, 0.3) is 0 Å². The van der Waals surface area contributed by atoms with E-state index >= 15 is 0 Å². The zero-order chi connectivity index (χ0) is 18.6. The minimum absolute atomic E-state index is 0.161. The number of benzene rings is 2. The maximum Gasteiger partial charge on any atom is 0.255 e. The van der Waals surface area contributed by atoms with Crippen LogP contribution in [-0.4, -0.2) is 32.7 Å². The SMILES string of the molecule is CC[C@H](C)c1ccccc1NC(=O)c1ccc(S(=O)(=O)N(C)C)cc1. The van der Waals surface area contributed by atoms with E-state index in [9.17, 15) is 13.2 Å². The first-order chi connectivity index (χ1) is 11.8. The van der Waals surface area contributed by atoms with Crippen LogP contribution < -0.4 is 5.32 Å². The third kappa shape index (κ3) is 4.27. The van der Waals surface area contributed by atoms with Crippen LogP contribution in [0.3, 0.4) is 0 Å². The number of anilines is 1. The summed E-state index contributed by atoms with van der Waals surface area (Å²) in [5, 5.41) is 2.92. The second-order valence-electron chi connectivity index (χ2n) is 6.16. The summed E-state index contributed by atoms with van der Waals surface area (Å²) in [6.07, 6.45) is 0.976. The summed E-state index contributed by atoms with van der Waals surface area (Å²) < 4.78 is 25.3. The van der Waals surface area contributed by atoms with Gasteiger partial charge in [-0.3, -0.25) is 4.79 Å². The van der Waals surface area contributed by atoms with E-state index in [0.717, 1.165) is 22.0 Å². The molecule has 0 saturated heterocycles. The molecule has 0 bridgehead atoms. The Hall–Kier alpha value is -2.18. The largest absolute Gasteiger partial charge is 0.322 e. The number of hydrogen-bond donors (Lipinski definition) is 1. The Morgan fingerprint density at radius 2 is 1.68 bits per heavy atom. The smallest absolute Gasteiger partial charge is 0.255 e. The summed E-state index contributed by atoms with van der Waals surface area (Å²) in [4.78, 5) is 12.7. The Morgan fingerprint density at radius 3 is 2.24 bits per heavy atom. The molecule has 0 unspecified atom stereocenters. The van der Waals surface area contributed by atoms with Gasteiger partial charge in [0.1, 0.15) is 0 Å². The predicted molar refractivity (Wildman–Crippen MR) is 100 cm³/mol. The molecule has 134 valence electrons. The van der Waals surface area contributed by atoms with Crippen molar-refractivity contribution in [1.29, 1.82) is 0 Å². The van der Waals surface area contributed by atoms with Gasteiger partial charge in [0.2, 0.25) is 10.0 Å². The van der Waals surface area contributed by atoms with Crippen LogP contribution >= 0.6 is 0 Å². The van der Waals surface area contributed by atoms with E-state index in [1.165, 1.54) is 38.4 Å². The van der Waals surface area contributed by atoms with Crippen LogP contribution in [0.15, 0.2) is 53.4 Å². The second kappa shape index (κ2) is 7.80. The first-order valence-corrected chi connectivity index (χ1v) is 9.64. The summed E-state index contributed by atoms with van der Waals surface area (Å²) in [5.74, 6) is 0.0775. The van der Waals surface area contributed by atoms with Gasteiger partial charge in [-0.25, -0.2) is 12.7 Å². The van der Waals surface area contributed by atoms with E-state index in [-0.39, 0.29) is 10.8 Å². The number of carbonyl (C=O) groups excluding carboxylic acids is 1. The molecule has 1 N–H and O–H groups in total. The predicted octanol–water partition coefficient (Wildman–Crippen LogP) is 3.70. The van der Waals surface area contributed by atoms with Gasteiger partial charge < -0.3 is 5.32 Å². The fourth-order valence-corrected chi connectivity index (χ4v) is 3.35. The Morgan fingerprint density at radius 1 is 1.08 bits per heavy atom. The van der Waals surface area contributed by atoms with Gasteiger partial charge in [0.05, 0.1) is 4.90 Å². The first-order valence-electron chi connectivity index (χ1n) is 8.20. The summed E-state index contributed by atoms with van der Waals surface area (Å²) in [6, 6.07) is 13.7. The molecular formula is C19H24N2O3S. The van der Waals surface area contributed by atoms with Gasteiger partial charge >= 0.3 is 0 Å². The molecule has 2 rings (SSSR count). The average Bonchev–Trinajstić information content (AvgIpc) is 2.61. The highest BCUT2D eigenvalue weighted by Crippen LogP contribution is 2.27. The molecule has 0 radical (unpaired) electrons. The molecule has 0 fully saturated rings. The van der Waals surface area contributed by atoms with Crippen LogP contribution in [0.4, 0.5) is 5.69 Å². The van der Waals surface area contributed by atoms with Crippen LogP contribution in [0.5, 0.6) is 0 Å². The van der Waals surface area contributed by atoms with Gasteiger partial charge in [-0.2, -0.15) is 0 Å². The maximum atomic E-state index is 12.5. The molecule has 1 atom stereocenters. The molecule has 2 aromatic rings. The summed E-state index contributed by atoms with van der Waals surface area (Å²) in [5.41, 5.74) is 2.29. The van der Waals surface area contributed by atoms with Crippen LogP contribution in [-0.2, 0) is 10.0 Å². The van der Waals surface area contributed by atoms with Crippen molar-refractivity contribution >= 4 is 21.6 Å². The molecule has 0 aliphatic rings. The van der Waals surface area contributed by atoms with Crippen molar-refractivity contribution in [2.24, 2.45) is 0 Å².